The molecule has 0 unspecified atom stereocenters. The summed E-state index contributed by atoms with van der Waals surface area (Å²) in [5.41, 5.74) is 0. The van der Waals surface area contributed by atoms with Crippen molar-refractivity contribution in [2.75, 3.05) is 6.61 Å². The van der Waals surface area contributed by atoms with E-state index in [2.05, 4.69) is 19.1 Å². The Kier molecular flexibility index (Phi) is 43.7. The average Bonchev–Trinajstić information content (AvgIpc) is 3.12. The van der Waals surface area contributed by atoms with Gasteiger partial charge in [0.15, 0.2) is 0 Å². The van der Waals surface area contributed by atoms with E-state index in [1.165, 1.54) is 218 Å². The molecule has 0 aromatic heterocycles. The molecule has 1 N–H and O–H groups in total. The fraction of sp³-hybridized carbons (Fsp3) is 0.915. The number of carbonyl (C=O) groups excluding carboxylic acids is 1. The van der Waals surface area contributed by atoms with Gasteiger partial charge >= 0.3 is 11.9 Å². The lowest BCUT2D eigenvalue weighted by Gasteiger charge is -2.06. The molecule has 0 aliphatic carbocycles. The number of rotatable bonds is 44. The van der Waals surface area contributed by atoms with Crippen molar-refractivity contribution in [3.63, 3.8) is 0 Å². The van der Waals surface area contributed by atoms with Crippen LogP contribution in [0.4, 0.5) is 0 Å². The monoisotopic (exact) mass is 719 g/mol. The summed E-state index contributed by atoms with van der Waals surface area (Å²) in [6.45, 7) is 2.86. The number of unbranched alkanes of at least 4 members (excludes halogenated alkanes) is 36. The quantitative estimate of drug-likeness (QED) is 0.0387. The minimum Gasteiger partial charge on any atom is -0.481 e. The Morgan fingerprint density at radius 3 is 0.980 bits per heavy atom. The maximum Gasteiger partial charge on any atom is 0.305 e. The molecule has 0 aromatic carbocycles. The first-order valence-electron chi connectivity index (χ1n) is 23.2. The number of hydrogen-bond acceptors (Lipinski definition) is 3. The molecule has 0 heterocycles. The molecule has 302 valence electrons. The minimum absolute atomic E-state index is 0.0108. The summed E-state index contributed by atoms with van der Waals surface area (Å²) in [5.74, 6) is -0.642. The van der Waals surface area contributed by atoms with Crippen LogP contribution in [-0.4, -0.2) is 23.7 Å². The Bertz CT molecular complexity index is 717. The molecule has 0 aromatic rings. The number of esters is 1. The second-order valence-electron chi connectivity index (χ2n) is 15.9. The van der Waals surface area contributed by atoms with E-state index in [-0.39, 0.29) is 5.97 Å². The summed E-state index contributed by atoms with van der Waals surface area (Å²) in [6, 6.07) is 0. The summed E-state index contributed by atoms with van der Waals surface area (Å²) < 4.78 is 5.45. The van der Waals surface area contributed by atoms with E-state index in [9.17, 15) is 9.59 Å². The highest BCUT2D eigenvalue weighted by Gasteiger charge is 2.03. The van der Waals surface area contributed by atoms with Crippen molar-refractivity contribution >= 4 is 11.9 Å². The number of allylic oxidation sites excluding steroid dienone is 2. The molecule has 0 radical (unpaired) electrons. The Labute approximate surface area is 319 Å². The summed E-state index contributed by atoms with van der Waals surface area (Å²) >= 11 is 0. The van der Waals surface area contributed by atoms with Crippen LogP contribution in [0, 0.1) is 0 Å². The number of aliphatic carboxylic acids is 1. The van der Waals surface area contributed by atoms with Crippen LogP contribution in [0.25, 0.3) is 0 Å². The van der Waals surface area contributed by atoms with Crippen LogP contribution in [0.2, 0.25) is 0 Å². The fourth-order valence-electron chi connectivity index (χ4n) is 7.21. The highest BCUT2D eigenvalue weighted by molar-refractivity contribution is 5.69. The van der Waals surface area contributed by atoms with E-state index in [1.54, 1.807) is 0 Å². The third kappa shape index (κ3) is 46.7. The van der Waals surface area contributed by atoms with Crippen LogP contribution >= 0.6 is 0 Å². The van der Waals surface area contributed by atoms with Crippen molar-refractivity contribution in [1.29, 1.82) is 0 Å². The van der Waals surface area contributed by atoms with Gasteiger partial charge in [-0.05, 0) is 38.5 Å². The molecule has 0 atom stereocenters. The van der Waals surface area contributed by atoms with Gasteiger partial charge < -0.3 is 9.84 Å². The summed E-state index contributed by atoms with van der Waals surface area (Å²) in [4.78, 5) is 22.4. The van der Waals surface area contributed by atoms with Crippen molar-refractivity contribution in [2.45, 2.75) is 270 Å². The third-order valence-electron chi connectivity index (χ3n) is 10.7. The van der Waals surface area contributed by atoms with Crippen molar-refractivity contribution in [3.8, 4) is 0 Å². The van der Waals surface area contributed by atoms with Gasteiger partial charge in [0.05, 0.1) is 6.61 Å². The second kappa shape index (κ2) is 44.8. The number of carbonyl (C=O) groups is 2. The minimum atomic E-state index is -0.653. The number of carboxylic acids is 1. The van der Waals surface area contributed by atoms with Crippen LogP contribution < -0.4 is 0 Å². The molecule has 0 fully saturated rings. The predicted octanol–water partition coefficient (Wildman–Crippen LogP) is 16.2. The lowest BCUT2D eigenvalue weighted by molar-refractivity contribution is -0.144. The van der Waals surface area contributed by atoms with Crippen LogP contribution in [0.5, 0.6) is 0 Å². The van der Waals surface area contributed by atoms with Crippen LogP contribution in [0.15, 0.2) is 12.2 Å². The van der Waals surface area contributed by atoms with Gasteiger partial charge in [-0.2, -0.15) is 0 Å². The summed E-state index contributed by atoms with van der Waals surface area (Å²) in [7, 11) is 0. The van der Waals surface area contributed by atoms with Gasteiger partial charge in [0.25, 0.3) is 0 Å². The van der Waals surface area contributed by atoms with Crippen molar-refractivity contribution in [1.82, 2.24) is 0 Å². The van der Waals surface area contributed by atoms with E-state index < -0.39 is 5.97 Å². The molecule has 0 rings (SSSR count). The Hall–Kier alpha value is -1.32. The Balaban J connectivity index is 3.13. The maximum atomic E-state index is 11.9. The molecular weight excluding hydrogens is 629 g/mol. The average molecular weight is 719 g/mol. The smallest absolute Gasteiger partial charge is 0.305 e. The zero-order valence-electron chi connectivity index (χ0n) is 34.5. The molecular formula is C47H90O4. The molecule has 4 heteroatoms. The van der Waals surface area contributed by atoms with Gasteiger partial charge in [-0.3, -0.25) is 9.59 Å². The highest BCUT2D eigenvalue weighted by Crippen LogP contribution is 2.17. The zero-order chi connectivity index (χ0) is 37.0. The molecule has 0 saturated heterocycles. The first-order chi connectivity index (χ1) is 25.2. The van der Waals surface area contributed by atoms with Crippen molar-refractivity contribution < 1.29 is 19.4 Å². The first kappa shape index (κ1) is 49.7. The van der Waals surface area contributed by atoms with Gasteiger partial charge in [-0.1, -0.05) is 231 Å². The van der Waals surface area contributed by atoms with Gasteiger partial charge in [0, 0.05) is 12.8 Å². The second-order valence-corrected chi connectivity index (χ2v) is 15.9. The summed E-state index contributed by atoms with van der Waals surface area (Å²) in [6.07, 6.45) is 57.1. The van der Waals surface area contributed by atoms with E-state index in [4.69, 9.17) is 9.84 Å². The molecule has 0 aliphatic rings. The van der Waals surface area contributed by atoms with E-state index in [1.807, 2.05) is 0 Å². The van der Waals surface area contributed by atoms with E-state index in [0.29, 0.717) is 19.4 Å². The van der Waals surface area contributed by atoms with Crippen LogP contribution in [-0.2, 0) is 14.3 Å². The number of carboxylic acid groups (broad SMARTS) is 1. The molecule has 0 saturated carbocycles. The van der Waals surface area contributed by atoms with Crippen molar-refractivity contribution in [3.05, 3.63) is 12.2 Å². The summed E-state index contributed by atoms with van der Waals surface area (Å²) in [5, 5.41) is 8.66. The maximum absolute atomic E-state index is 11.9. The predicted molar refractivity (Wildman–Crippen MR) is 223 cm³/mol. The largest absolute Gasteiger partial charge is 0.481 e. The number of ether oxygens (including phenoxy) is 1. The van der Waals surface area contributed by atoms with E-state index >= 15 is 0 Å². The van der Waals surface area contributed by atoms with Gasteiger partial charge in [-0.25, -0.2) is 0 Å². The Morgan fingerprint density at radius 2 is 0.647 bits per heavy atom. The van der Waals surface area contributed by atoms with Gasteiger partial charge in [0.1, 0.15) is 0 Å². The zero-order valence-corrected chi connectivity index (χ0v) is 34.5. The van der Waals surface area contributed by atoms with E-state index in [0.717, 1.165) is 32.1 Å². The van der Waals surface area contributed by atoms with Crippen molar-refractivity contribution in [2.24, 2.45) is 0 Å². The number of hydrogen-bond donors (Lipinski definition) is 1. The first-order valence-corrected chi connectivity index (χ1v) is 23.2. The lowest BCUT2D eigenvalue weighted by Crippen LogP contribution is -2.05. The molecule has 51 heavy (non-hydrogen) atoms. The van der Waals surface area contributed by atoms with Gasteiger partial charge in [-0.15, -0.1) is 0 Å². The highest BCUT2D eigenvalue weighted by atomic mass is 16.5. The van der Waals surface area contributed by atoms with Crippen LogP contribution in [0.1, 0.15) is 270 Å². The molecule has 0 amide bonds. The molecule has 4 nitrogen and oxygen atoms in total. The normalized spacial score (nSPS) is 11.5. The molecule has 0 aliphatic heterocycles. The van der Waals surface area contributed by atoms with Crippen LogP contribution in [0.3, 0.4) is 0 Å². The Morgan fingerprint density at radius 1 is 0.373 bits per heavy atom. The van der Waals surface area contributed by atoms with Gasteiger partial charge in [0.2, 0.25) is 0 Å². The third-order valence-corrected chi connectivity index (χ3v) is 10.7. The standard InChI is InChI=1S/C47H90O4/c1-2-3-4-5-6-7-28-32-35-38-41-44-47(50)51-45-42-39-36-33-30-27-25-23-21-19-17-15-13-11-9-8-10-12-14-16-18-20-22-24-26-29-31-34-37-40-43-46(48)49/h5-6H,2-4,7-45H2,1H3,(H,48,49)/b6-5-. The lowest BCUT2D eigenvalue weighted by atomic mass is 10.0. The SMILES string of the molecule is CCCC/C=C\CCCCCCCC(=O)OCCCCCCCCCCCCCCCCCCCCCCCCCCCCCCCCC(=O)O. The molecule has 0 bridgehead atoms. The fourth-order valence-corrected chi connectivity index (χ4v) is 7.21. The molecule has 0 spiro atoms. The topological polar surface area (TPSA) is 63.6 Å².